The number of fused-ring (bicyclic) bond motifs is 2. The Bertz CT molecular complexity index is 299. The van der Waals surface area contributed by atoms with Crippen LogP contribution >= 0.6 is 12.4 Å². The molecular weight excluding hydrogens is 246 g/mol. The van der Waals surface area contributed by atoms with E-state index in [0.29, 0.717) is 12.0 Å². The largest absolute Gasteiger partial charge is 0.376 e. The molecule has 0 aromatic rings. The lowest BCUT2D eigenvalue weighted by atomic mass is 9.77. The van der Waals surface area contributed by atoms with Gasteiger partial charge in [0.15, 0.2) is 0 Å². The summed E-state index contributed by atoms with van der Waals surface area (Å²) in [5.41, 5.74) is 1.59. The summed E-state index contributed by atoms with van der Waals surface area (Å²) in [4.78, 5) is 2.62. The van der Waals surface area contributed by atoms with Crippen LogP contribution in [0.25, 0.3) is 0 Å². The maximum Gasteiger partial charge on any atom is 0.0767 e. The summed E-state index contributed by atoms with van der Waals surface area (Å²) in [5, 5.41) is 0. The zero-order valence-electron chi connectivity index (χ0n) is 11.4. The number of hydrogen-bond acceptors (Lipinski definition) is 2. The lowest BCUT2D eigenvalue weighted by Crippen LogP contribution is -2.45. The van der Waals surface area contributed by atoms with Crippen molar-refractivity contribution < 1.29 is 4.74 Å². The summed E-state index contributed by atoms with van der Waals surface area (Å²) in [7, 11) is 0. The van der Waals surface area contributed by atoms with Crippen molar-refractivity contribution in [3.05, 3.63) is 11.6 Å². The molecule has 0 aromatic heterocycles. The van der Waals surface area contributed by atoms with Gasteiger partial charge in [0, 0.05) is 12.5 Å². The molecule has 2 bridgehead atoms. The highest BCUT2D eigenvalue weighted by atomic mass is 35.5. The Labute approximate surface area is 117 Å². The predicted octanol–water partition coefficient (Wildman–Crippen LogP) is 3.27. The molecular formula is C15H26ClNO. The molecule has 0 radical (unpaired) electrons. The molecule has 3 atom stereocenters. The van der Waals surface area contributed by atoms with E-state index in [2.05, 4.69) is 17.9 Å². The summed E-state index contributed by atoms with van der Waals surface area (Å²) in [6, 6.07) is 0. The second kappa shape index (κ2) is 6.40. The summed E-state index contributed by atoms with van der Waals surface area (Å²) in [5.74, 6) is 1.52. The highest BCUT2D eigenvalue weighted by Crippen LogP contribution is 2.37. The monoisotopic (exact) mass is 271 g/mol. The third kappa shape index (κ3) is 3.09. The first kappa shape index (κ1) is 14.4. The van der Waals surface area contributed by atoms with Crippen molar-refractivity contribution in [3.8, 4) is 0 Å². The van der Waals surface area contributed by atoms with Crippen LogP contribution in [0, 0.1) is 11.8 Å². The molecule has 0 amide bonds. The molecule has 1 aliphatic carbocycles. The molecule has 2 nitrogen and oxygen atoms in total. The smallest absolute Gasteiger partial charge is 0.0767 e. The molecule has 3 aliphatic rings. The van der Waals surface area contributed by atoms with Gasteiger partial charge in [0.2, 0.25) is 0 Å². The number of likely N-dealkylation sites (tertiary alicyclic amines) is 1. The number of halogens is 1. The minimum absolute atomic E-state index is 0. The average Bonchev–Trinajstić information content (AvgIpc) is 2.38. The van der Waals surface area contributed by atoms with Gasteiger partial charge in [-0.1, -0.05) is 18.1 Å². The molecule has 18 heavy (non-hydrogen) atoms. The van der Waals surface area contributed by atoms with E-state index in [-0.39, 0.29) is 12.4 Å². The van der Waals surface area contributed by atoms with Crippen molar-refractivity contribution in [1.29, 1.82) is 0 Å². The number of hydrogen-bond donors (Lipinski definition) is 0. The Morgan fingerprint density at radius 2 is 2.06 bits per heavy atom. The van der Waals surface area contributed by atoms with Crippen molar-refractivity contribution in [3.63, 3.8) is 0 Å². The molecule has 2 saturated heterocycles. The van der Waals surface area contributed by atoms with Gasteiger partial charge in [-0.2, -0.15) is 0 Å². The summed E-state index contributed by atoms with van der Waals surface area (Å²) >= 11 is 0. The predicted molar refractivity (Wildman–Crippen MR) is 77.3 cm³/mol. The Hall–Kier alpha value is -0.0500. The maximum absolute atomic E-state index is 6.14. The van der Waals surface area contributed by atoms with Gasteiger partial charge in [-0.25, -0.2) is 0 Å². The first-order valence-electron chi connectivity index (χ1n) is 7.33. The normalized spacial score (nSPS) is 36.7. The van der Waals surface area contributed by atoms with Crippen molar-refractivity contribution in [2.45, 2.75) is 45.1 Å². The second-order valence-electron chi connectivity index (χ2n) is 6.13. The van der Waals surface area contributed by atoms with Crippen LogP contribution in [0.3, 0.4) is 0 Å². The van der Waals surface area contributed by atoms with Crippen LogP contribution in [0.1, 0.15) is 39.0 Å². The fourth-order valence-electron chi connectivity index (χ4n) is 3.68. The molecule has 0 N–H and O–H groups in total. The Kier molecular flexibility index (Phi) is 5.11. The lowest BCUT2D eigenvalue weighted by molar-refractivity contribution is -0.0650. The van der Waals surface area contributed by atoms with Crippen LogP contribution in [0.4, 0.5) is 0 Å². The van der Waals surface area contributed by atoms with Crippen LogP contribution < -0.4 is 0 Å². The van der Waals surface area contributed by atoms with Gasteiger partial charge in [-0.15, -0.1) is 12.4 Å². The van der Waals surface area contributed by atoms with Gasteiger partial charge in [0.1, 0.15) is 0 Å². The number of ether oxygens (including phenoxy) is 1. The van der Waals surface area contributed by atoms with E-state index in [9.17, 15) is 0 Å². The first-order chi connectivity index (χ1) is 8.33. The summed E-state index contributed by atoms with van der Waals surface area (Å²) in [6.07, 6.45) is 9.75. The van der Waals surface area contributed by atoms with Crippen LogP contribution in [0.15, 0.2) is 11.6 Å². The van der Waals surface area contributed by atoms with Gasteiger partial charge in [0.25, 0.3) is 0 Å². The van der Waals surface area contributed by atoms with Gasteiger partial charge < -0.3 is 9.64 Å². The minimum atomic E-state index is 0. The van der Waals surface area contributed by atoms with E-state index in [1.807, 2.05) is 0 Å². The van der Waals surface area contributed by atoms with Crippen LogP contribution in [0.2, 0.25) is 0 Å². The molecule has 104 valence electrons. The molecule has 0 spiro atoms. The van der Waals surface area contributed by atoms with E-state index in [0.717, 1.165) is 12.5 Å². The average molecular weight is 272 g/mol. The molecule has 2 aliphatic heterocycles. The number of rotatable bonds is 2. The quantitative estimate of drug-likeness (QED) is 0.715. The third-order valence-corrected chi connectivity index (χ3v) is 4.83. The zero-order valence-corrected chi connectivity index (χ0v) is 12.3. The van der Waals surface area contributed by atoms with E-state index in [1.165, 1.54) is 51.7 Å². The fraction of sp³-hybridized carbons (Fsp3) is 0.867. The Morgan fingerprint density at radius 3 is 2.83 bits per heavy atom. The summed E-state index contributed by atoms with van der Waals surface area (Å²) in [6.45, 7) is 7.05. The Morgan fingerprint density at radius 1 is 1.28 bits per heavy atom. The highest BCUT2D eigenvalue weighted by Gasteiger charge is 2.35. The second-order valence-corrected chi connectivity index (χ2v) is 6.13. The van der Waals surface area contributed by atoms with Gasteiger partial charge in [0.05, 0.1) is 12.7 Å². The number of nitrogens with zero attached hydrogens (tertiary/aromatic N) is 1. The SMILES string of the molecule is CC1=CC[C@H]2COC(CN3CCCCC3)[C@@H]1C2.Cl. The molecule has 2 heterocycles. The van der Waals surface area contributed by atoms with Crippen molar-refractivity contribution >= 4 is 12.4 Å². The van der Waals surface area contributed by atoms with Gasteiger partial charge in [-0.3, -0.25) is 0 Å². The lowest BCUT2D eigenvalue weighted by Gasteiger charge is -2.42. The first-order valence-corrected chi connectivity index (χ1v) is 7.33. The zero-order chi connectivity index (χ0) is 11.7. The van der Waals surface area contributed by atoms with Crippen LogP contribution in [-0.2, 0) is 4.74 Å². The van der Waals surface area contributed by atoms with Gasteiger partial charge in [-0.05, 0) is 51.6 Å². The van der Waals surface area contributed by atoms with Gasteiger partial charge >= 0.3 is 0 Å². The van der Waals surface area contributed by atoms with Crippen molar-refractivity contribution in [1.82, 2.24) is 4.90 Å². The van der Waals surface area contributed by atoms with Crippen LogP contribution in [-0.4, -0.2) is 37.2 Å². The topological polar surface area (TPSA) is 12.5 Å². The molecule has 3 heteroatoms. The van der Waals surface area contributed by atoms with E-state index in [1.54, 1.807) is 5.57 Å². The maximum atomic E-state index is 6.14. The molecule has 3 rings (SSSR count). The summed E-state index contributed by atoms with van der Waals surface area (Å²) < 4.78 is 6.14. The van der Waals surface area contributed by atoms with E-state index in [4.69, 9.17) is 4.74 Å². The fourth-order valence-corrected chi connectivity index (χ4v) is 3.68. The van der Waals surface area contributed by atoms with Crippen molar-refractivity contribution in [2.24, 2.45) is 11.8 Å². The molecule has 1 unspecified atom stereocenters. The highest BCUT2D eigenvalue weighted by molar-refractivity contribution is 5.85. The molecule has 0 saturated carbocycles. The number of piperidine rings is 1. The number of allylic oxidation sites excluding steroid dienone is 1. The third-order valence-electron chi connectivity index (χ3n) is 4.83. The Balaban J connectivity index is 0.00000120. The van der Waals surface area contributed by atoms with E-state index >= 15 is 0 Å². The van der Waals surface area contributed by atoms with Crippen LogP contribution in [0.5, 0.6) is 0 Å². The van der Waals surface area contributed by atoms with Crippen molar-refractivity contribution in [2.75, 3.05) is 26.2 Å². The molecule has 0 aromatic carbocycles. The van der Waals surface area contributed by atoms with E-state index < -0.39 is 0 Å². The minimum Gasteiger partial charge on any atom is -0.376 e. The standard InChI is InChI=1S/C15H25NO.ClH/c1-12-5-6-13-9-14(12)15(17-11-13)10-16-7-3-2-4-8-16;/h5,13-15H,2-4,6-11H2,1H3;1H/t13-,14-,15?;/m1./s1. The molecule has 2 fully saturated rings.